The molecule has 20 heavy (non-hydrogen) atoms. The minimum atomic E-state index is -3.43. The molecule has 5 nitrogen and oxygen atoms in total. The van der Waals surface area contributed by atoms with Gasteiger partial charge in [-0.2, -0.15) is 17.4 Å². The fourth-order valence-corrected chi connectivity index (χ4v) is 3.84. The Balaban J connectivity index is 1.95. The van der Waals surface area contributed by atoms with E-state index in [9.17, 15) is 8.42 Å². The van der Waals surface area contributed by atoms with E-state index in [0.717, 1.165) is 18.4 Å². The molecule has 6 heteroatoms. The van der Waals surface area contributed by atoms with Crippen LogP contribution >= 0.6 is 0 Å². The van der Waals surface area contributed by atoms with Crippen LogP contribution in [0, 0.1) is 0 Å². The van der Waals surface area contributed by atoms with Crippen molar-refractivity contribution in [2.45, 2.75) is 32.4 Å². The summed E-state index contributed by atoms with van der Waals surface area (Å²) in [5, 5.41) is 0. The summed E-state index contributed by atoms with van der Waals surface area (Å²) < 4.78 is 34.2. The number of hydrogen-bond acceptors (Lipinski definition) is 3. The van der Waals surface area contributed by atoms with Crippen LogP contribution in [0.25, 0.3) is 0 Å². The normalized spacial score (nSPS) is 20.4. The van der Waals surface area contributed by atoms with Crippen LogP contribution in [0.4, 0.5) is 0 Å². The van der Waals surface area contributed by atoms with Crippen LogP contribution in [0.1, 0.15) is 25.3 Å². The van der Waals surface area contributed by atoms with Crippen LogP contribution in [0.3, 0.4) is 0 Å². The van der Waals surface area contributed by atoms with Crippen molar-refractivity contribution in [1.82, 2.24) is 9.03 Å². The average molecular weight is 298 g/mol. The van der Waals surface area contributed by atoms with Crippen molar-refractivity contribution in [1.29, 1.82) is 0 Å². The molecule has 0 saturated carbocycles. The molecule has 1 aliphatic rings. The lowest BCUT2D eigenvalue weighted by Crippen LogP contribution is -2.44. The second-order valence-corrected chi connectivity index (χ2v) is 6.59. The zero-order valence-electron chi connectivity index (χ0n) is 11.8. The molecule has 1 aromatic rings. The fourth-order valence-electron chi connectivity index (χ4n) is 2.40. The van der Waals surface area contributed by atoms with Crippen molar-refractivity contribution in [3.05, 3.63) is 35.9 Å². The second kappa shape index (κ2) is 7.17. The van der Waals surface area contributed by atoms with Crippen LogP contribution in [-0.4, -0.2) is 38.5 Å². The Bertz CT molecular complexity index is 504. The number of benzene rings is 1. The molecule has 2 rings (SSSR count). The van der Waals surface area contributed by atoms with Crippen LogP contribution < -0.4 is 4.72 Å². The van der Waals surface area contributed by atoms with E-state index in [0.29, 0.717) is 26.3 Å². The minimum Gasteiger partial charge on any atom is -0.380 e. The summed E-state index contributed by atoms with van der Waals surface area (Å²) in [6, 6.07) is 9.49. The van der Waals surface area contributed by atoms with E-state index in [2.05, 4.69) is 4.72 Å². The summed E-state index contributed by atoms with van der Waals surface area (Å²) in [6.07, 6.45) is 1.76. The monoisotopic (exact) mass is 298 g/mol. The molecule has 1 saturated heterocycles. The molecule has 0 spiro atoms. The van der Waals surface area contributed by atoms with Crippen LogP contribution in [0.2, 0.25) is 0 Å². The molecule has 0 aliphatic carbocycles. The fraction of sp³-hybridized carbons (Fsp3) is 0.571. The molecule has 0 unspecified atom stereocenters. The summed E-state index contributed by atoms with van der Waals surface area (Å²) in [4.78, 5) is 0. The Morgan fingerprint density at radius 1 is 1.35 bits per heavy atom. The summed E-state index contributed by atoms with van der Waals surface area (Å²) >= 11 is 0. The Morgan fingerprint density at radius 2 is 2.10 bits per heavy atom. The van der Waals surface area contributed by atoms with Gasteiger partial charge in [0.05, 0.1) is 6.61 Å². The first-order valence-electron chi connectivity index (χ1n) is 7.01. The maximum atomic E-state index is 12.3. The number of hydrogen-bond donors (Lipinski definition) is 1. The Morgan fingerprint density at radius 3 is 2.80 bits per heavy atom. The van der Waals surface area contributed by atoms with E-state index in [1.807, 2.05) is 37.3 Å². The van der Waals surface area contributed by atoms with Crippen molar-refractivity contribution in [3.8, 4) is 0 Å². The highest BCUT2D eigenvalue weighted by Gasteiger charge is 2.33. The van der Waals surface area contributed by atoms with Crippen molar-refractivity contribution in [2.75, 3.05) is 19.8 Å². The molecular formula is C14H22N2O3S. The molecule has 1 aliphatic heterocycles. The molecule has 0 bridgehead atoms. The van der Waals surface area contributed by atoms with Crippen molar-refractivity contribution in [2.24, 2.45) is 0 Å². The van der Waals surface area contributed by atoms with Gasteiger partial charge in [-0.1, -0.05) is 30.3 Å². The SMILES string of the molecule is CCOC[C@H]1CCCN1S(=O)(=O)NCc1ccccc1. The van der Waals surface area contributed by atoms with Gasteiger partial charge in [-0.3, -0.25) is 0 Å². The largest absolute Gasteiger partial charge is 0.380 e. The van der Waals surface area contributed by atoms with Gasteiger partial charge < -0.3 is 4.74 Å². The van der Waals surface area contributed by atoms with Crippen molar-refractivity contribution in [3.63, 3.8) is 0 Å². The summed E-state index contributed by atoms with van der Waals surface area (Å²) in [5.41, 5.74) is 0.955. The maximum absolute atomic E-state index is 12.3. The van der Waals surface area contributed by atoms with Crippen LogP contribution in [0.15, 0.2) is 30.3 Å². The van der Waals surface area contributed by atoms with Gasteiger partial charge in [0.25, 0.3) is 10.2 Å². The number of rotatable bonds is 7. The smallest absolute Gasteiger partial charge is 0.280 e. The lowest BCUT2D eigenvalue weighted by molar-refractivity contribution is 0.109. The van der Waals surface area contributed by atoms with Crippen molar-refractivity contribution < 1.29 is 13.2 Å². The van der Waals surface area contributed by atoms with Gasteiger partial charge in [0.15, 0.2) is 0 Å². The summed E-state index contributed by atoms with van der Waals surface area (Å²) in [6.45, 7) is 3.90. The van der Waals surface area contributed by atoms with Gasteiger partial charge in [-0.15, -0.1) is 0 Å². The van der Waals surface area contributed by atoms with Crippen LogP contribution in [0.5, 0.6) is 0 Å². The van der Waals surface area contributed by atoms with E-state index < -0.39 is 10.2 Å². The third-order valence-electron chi connectivity index (χ3n) is 3.45. The molecule has 0 amide bonds. The first-order valence-corrected chi connectivity index (χ1v) is 8.45. The molecular weight excluding hydrogens is 276 g/mol. The average Bonchev–Trinajstić information content (AvgIpc) is 2.93. The molecule has 1 heterocycles. The Kier molecular flexibility index (Phi) is 5.54. The highest BCUT2D eigenvalue weighted by Crippen LogP contribution is 2.20. The molecule has 1 aromatic carbocycles. The van der Waals surface area contributed by atoms with Gasteiger partial charge in [0.1, 0.15) is 0 Å². The number of ether oxygens (including phenoxy) is 1. The molecule has 0 aromatic heterocycles. The predicted molar refractivity (Wildman–Crippen MR) is 78.4 cm³/mol. The summed E-state index contributed by atoms with van der Waals surface area (Å²) in [5.74, 6) is 0. The standard InChI is InChI=1S/C14H22N2O3S/c1-2-19-12-14-9-6-10-16(14)20(17,18)15-11-13-7-4-3-5-8-13/h3-5,7-8,14-15H,2,6,9-12H2,1H3/t14-/m1/s1. The van der Waals surface area contributed by atoms with E-state index in [4.69, 9.17) is 4.74 Å². The number of nitrogens with one attached hydrogen (secondary N) is 1. The quantitative estimate of drug-likeness (QED) is 0.830. The van der Waals surface area contributed by atoms with Gasteiger partial charge >= 0.3 is 0 Å². The highest BCUT2D eigenvalue weighted by molar-refractivity contribution is 7.87. The Hall–Kier alpha value is -0.950. The van der Waals surface area contributed by atoms with Crippen molar-refractivity contribution >= 4 is 10.2 Å². The highest BCUT2D eigenvalue weighted by atomic mass is 32.2. The zero-order chi connectivity index (χ0) is 14.4. The third kappa shape index (κ3) is 4.02. The summed E-state index contributed by atoms with van der Waals surface area (Å²) in [7, 11) is -3.43. The topological polar surface area (TPSA) is 58.6 Å². The molecule has 1 N–H and O–H groups in total. The van der Waals surface area contributed by atoms with Gasteiger partial charge in [0, 0.05) is 25.7 Å². The molecule has 1 atom stereocenters. The predicted octanol–water partition coefficient (Wildman–Crippen LogP) is 1.52. The molecule has 0 radical (unpaired) electrons. The zero-order valence-corrected chi connectivity index (χ0v) is 12.6. The number of nitrogens with zero attached hydrogens (tertiary/aromatic N) is 1. The van der Waals surface area contributed by atoms with E-state index >= 15 is 0 Å². The Labute approximate surface area is 121 Å². The third-order valence-corrected chi connectivity index (χ3v) is 5.06. The molecule has 112 valence electrons. The van der Waals surface area contributed by atoms with E-state index in [1.165, 1.54) is 4.31 Å². The van der Waals surface area contributed by atoms with Crippen LogP contribution in [-0.2, 0) is 21.5 Å². The van der Waals surface area contributed by atoms with Gasteiger partial charge in [-0.05, 0) is 25.3 Å². The minimum absolute atomic E-state index is 0.0387. The van der Waals surface area contributed by atoms with E-state index in [1.54, 1.807) is 0 Å². The second-order valence-electron chi connectivity index (χ2n) is 4.88. The van der Waals surface area contributed by atoms with Gasteiger partial charge in [0.2, 0.25) is 0 Å². The first kappa shape index (κ1) is 15.4. The first-order chi connectivity index (χ1) is 9.63. The van der Waals surface area contributed by atoms with E-state index in [-0.39, 0.29) is 6.04 Å². The van der Waals surface area contributed by atoms with Gasteiger partial charge in [-0.25, -0.2) is 0 Å². The maximum Gasteiger partial charge on any atom is 0.280 e. The lowest BCUT2D eigenvalue weighted by Gasteiger charge is -2.24. The molecule has 1 fully saturated rings. The lowest BCUT2D eigenvalue weighted by atomic mass is 10.2.